The van der Waals surface area contributed by atoms with Crippen LogP contribution >= 0.6 is 0 Å². The van der Waals surface area contributed by atoms with Crippen molar-refractivity contribution in [2.75, 3.05) is 6.61 Å². The number of azo groups is 1. The molecule has 3 aromatic carbocycles. The third kappa shape index (κ3) is 11.9. The van der Waals surface area contributed by atoms with E-state index in [9.17, 15) is 4.79 Å². The molecule has 41 heavy (non-hydrogen) atoms. The summed E-state index contributed by atoms with van der Waals surface area (Å²) in [7, 11) is 0. The largest absolute Gasteiger partial charge is 0.493 e. The minimum Gasteiger partial charge on any atom is -0.493 e. The maximum Gasteiger partial charge on any atom is 0.338 e. The molecule has 3 rings (SSSR count). The van der Waals surface area contributed by atoms with Crippen molar-refractivity contribution in [3.63, 3.8) is 0 Å². The number of rotatable bonds is 19. The van der Waals surface area contributed by atoms with Crippen LogP contribution in [0.4, 0.5) is 5.69 Å². The standard InChI is InChI=1S/C36H48N2O3/c1-4-6-8-9-10-11-18-26-40-35-28-33(24-25-34(35)30-19-14-12-15-20-30)38-37-32(23-7-5-2)27-29(3)41-36(39)31-21-16-13-17-22-31/h12-17,19-22,24-25,28-29,32H,4-11,18,23,26-27H2,1-3H3/t29-,32-/m0/s1. The van der Waals surface area contributed by atoms with E-state index in [-0.39, 0.29) is 18.1 Å². The molecular weight excluding hydrogens is 508 g/mol. The Bertz CT molecular complexity index is 1160. The first-order valence-electron chi connectivity index (χ1n) is 15.6. The molecule has 0 aliphatic rings. The van der Waals surface area contributed by atoms with Crippen molar-refractivity contribution in [2.45, 2.75) is 104 Å². The average Bonchev–Trinajstić information content (AvgIpc) is 3.00. The zero-order chi connectivity index (χ0) is 29.1. The second-order valence-electron chi connectivity index (χ2n) is 10.8. The van der Waals surface area contributed by atoms with E-state index in [4.69, 9.17) is 14.6 Å². The highest BCUT2D eigenvalue weighted by Crippen LogP contribution is 2.34. The Morgan fingerprint density at radius 3 is 2.15 bits per heavy atom. The van der Waals surface area contributed by atoms with Crippen LogP contribution in [0.5, 0.6) is 5.75 Å². The zero-order valence-corrected chi connectivity index (χ0v) is 25.3. The van der Waals surface area contributed by atoms with Crippen molar-refractivity contribution in [3.8, 4) is 16.9 Å². The van der Waals surface area contributed by atoms with E-state index in [2.05, 4.69) is 37.2 Å². The summed E-state index contributed by atoms with van der Waals surface area (Å²) in [6.07, 6.45) is 12.1. The quantitative estimate of drug-likeness (QED) is 0.0838. The van der Waals surface area contributed by atoms with Crippen LogP contribution in [0.1, 0.15) is 102 Å². The summed E-state index contributed by atoms with van der Waals surface area (Å²) in [6, 6.07) is 25.5. The summed E-state index contributed by atoms with van der Waals surface area (Å²) in [4.78, 5) is 12.5. The first kappa shape index (κ1) is 32.0. The van der Waals surface area contributed by atoms with Crippen LogP contribution in [0.15, 0.2) is 89.1 Å². The second kappa shape index (κ2) is 18.8. The van der Waals surface area contributed by atoms with Gasteiger partial charge in [-0.05, 0) is 49.6 Å². The number of carbonyl (C=O) groups excluding carboxylic acids is 1. The molecule has 220 valence electrons. The molecule has 0 aliphatic carbocycles. The molecule has 0 aromatic heterocycles. The molecule has 0 saturated carbocycles. The minimum absolute atomic E-state index is 0.0283. The molecular formula is C36H48N2O3. The molecule has 0 aliphatic heterocycles. The van der Waals surface area contributed by atoms with Crippen molar-refractivity contribution in [2.24, 2.45) is 10.2 Å². The Kier molecular flexibility index (Phi) is 14.7. The molecule has 0 heterocycles. The number of hydrogen-bond donors (Lipinski definition) is 0. The number of esters is 1. The van der Waals surface area contributed by atoms with E-state index in [0.717, 1.165) is 48.2 Å². The molecule has 0 spiro atoms. The fourth-order valence-electron chi connectivity index (χ4n) is 4.86. The van der Waals surface area contributed by atoms with Crippen molar-refractivity contribution in [1.82, 2.24) is 0 Å². The lowest BCUT2D eigenvalue weighted by Gasteiger charge is -2.18. The van der Waals surface area contributed by atoms with Gasteiger partial charge in [0.2, 0.25) is 0 Å². The Balaban J connectivity index is 1.66. The van der Waals surface area contributed by atoms with Crippen LogP contribution in [-0.4, -0.2) is 24.7 Å². The first-order chi connectivity index (χ1) is 20.1. The van der Waals surface area contributed by atoms with Crippen LogP contribution < -0.4 is 4.74 Å². The Labute approximate surface area is 247 Å². The Morgan fingerprint density at radius 2 is 1.44 bits per heavy atom. The number of carbonyl (C=O) groups is 1. The smallest absolute Gasteiger partial charge is 0.338 e. The summed E-state index contributed by atoms with van der Waals surface area (Å²) < 4.78 is 12.0. The number of unbranched alkanes of at least 4 members (excludes halogenated alkanes) is 7. The first-order valence-corrected chi connectivity index (χ1v) is 15.6. The average molecular weight is 557 g/mol. The van der Waals surface area contributed by atoms with Crippen LogP contribution in [0.3, 0.4) is 0 Å². The van der Waals surface area contributed by atoms with Gasteiger partial charge in [0.1, 0.15) is 11.9 Å². The predicted octanol–water partition coefficient (Wildman–Crippen LogP) is 10.8. The van der Waals surface area contributed by atoms with Crippen LogP contribution in [0.25, 0.3) is 11.1 Å². The van der Waals surface area contributed by atoms with Gasteiger partial charge in [-0.15, -0.1) is 0 Å². The topological polar surface area (TPSA) is 60.3 Å². The van der Waals surface area contributed by atoms with Gasteiger partial charge in [-0.1, -0.05) is 114 Å². The summed E-state index contributed by atoms with van der Waals surface area (Å²) >= 11 is 0. The predicted molar refractivity (Wildman–Crippen MR) is 169 cm³/mol. The van der Waals surface area contributed by atoms with E-state index >= 15 is 0 Å². The molecule has 0 bridgehead atoms. The van der Waals surface area contributed by atoms with Gasteiger partial charge in [0.05, 0.1) is 23.9 Å². The van der Waals surface area contributed by atoms with Crippen LogP contribution in [0, 0.1) is 0 Å². The van der Waals surface area contributed by atoms with Gasteiger partial charge in [-0.25, -0.2) is 4.79 Å². The number of nitrogens with zero attached hydrogens (tertiary/aromatic N) is 2. The van der Waals surface area contributed by atoms with E-state index in [1.807, 2.05) is 55.5 Å². The highest BCUT2D eigenvalue weighted by atomic mass is 16.5. The van der Waals surface area contributed by atoms with Gasteiger partial charge in [0.15, 0.2) is 0 Å². The Hall–Kier alpha value is -3.47. The molecule has 2 atom stereocenters. The molecule has 0 unspecified atom stereocenters. The lowest BCUT2D eigenvalue weighted by Crippen LogP contribution is -2.20. The fourth-order valence-corrected chi connectivity index (χ4v) is 4.86. The molecule has 5 heteroatoms. The van der Waals surface area contributed by atoms with Gasteiger partial charge in [0, 0.05) is 18.1 Å². The van der Waals surface area contributed by atoms with E-state index in [0.29, 0.717) is 18.6 Å². The van der Waals surface area contributed by atoms with Crippen molar-refractivity contribution < 1.29 is 14.3 Å². The van der Waals surface area contributed by atoms with Crippen molar-refractivity contribution in [3.05, 3.63) is 84.4 Å². The molecule has 3 aromatic rings. The highest BCUT2D eigenvalue weighted by Gasteiger charge is 2.17. The highest BCUT2D eigenvalue weighted by molar-refractivity contribution is 5.89. The van der Waals surface area contributed by atoms with E-state index in [1.54, 1.807) is 12.1 Å². The second-order valence-corrected chi connectivity index (χ2v) is 10.8. The normalized spacial score (nSPS) is 12.8. The lowest BCUT2D eigenvalue weighted by molar-refractivity contribution is 0.0308. The van der Waals surface area contributed by atoms with Crippen molar-refractivity contribution >= 4 is 11.7 Å². The molecule has 0 amide bonds. The van der Waals surface area contributed by atoms with Crippen LogP contribution in [-0.2, 0) is 4.74 Å². The van der Waals surface area contributed by atoms with Gasteiger partial charge in [-0.2, -0.15) is 10.2 Å². The maximum absolute atomic E-state index is 12.5. The SMILES string of the molecule is CCCCCCCCCOc1cc(N=N[C@@H](CCCC)C[C@H](C)OC(=O)c2ccccc2)ccc1-c1ccccc1. The summed E-state index contributed by atoms with van der Waals surface area (Å²) in [6.45, 7) is 7.04. The van der Waals surface area contributed by atoms with E-state index < -0.39 is 0 Å². The van der Waals surface area contributed by atoms with Crippen molar-refractivity contribution in [1.29, 1.82) is 0 Å². The number of benzene rings is 3. The third-order valence-corrected chi connectivity index (χ3v) is 7.20. The molecule has 0 N–H and O–H groups in total. The summed E-state index contributed by atoms with van der Waals surface area (Å²) in [5.74, 6) is 0.539. The summed E-state index contributed by atoms with van der Waals surface area (Å²) in [5, 5.41) is 9.35. The zero-order valence-electron chi connectivity index (χ0n) is 25.3. The number of ether oxygens (including phenoxy) is 2. The maximum atomic E-state index is 12.5. The van der Waals surface area contributed by atoms with Gasteiger partial charge in [-0.3, -0.25) is 0 Å². The van der Waals surface area contributed by atoms with Gasteiger partial charge < -0.3 is 9.47 Å². The molecule has 0 radical (unpaired) electrons. The van der Waals surface area contributed by atoms with Gasteiger partial charge in [0.25, 0.3) is 0 Å². The monoisotopic (exact) mass is 556 g/mol. The molecule has 5 nitrogen and oxygen atoms in total. The summed E-state index contributed by atoms with van der Waals surface area (Å²) in [5.41, 5.74) is 3.53. The molecule has 0 fully saturated rings. The van der Waals surface area contributed by atoms with Gasteiger partial charge >= 0.3 is 5.97 Å². The lowest BCUT2D eigenvalue weighted by atomic mass is 10.0. The minimum atomic E-state index is -0.302. The van der Waals surface area contributed by atoms with E-state index in [1.165, 1.54) is 38.5 Å². The third-order valence-electron chi connectivity index (χ3n) is 7.20. The fraction of sp³-hybridized carbons (Fsp3) is 0.472. The van der Waals surface area contributed by atoms with Crippen LogP contribution in [0.2, 0.25) is 0 Å². The number of hydrogen-bond acceptors (Lipinski definition) is 5. The Morgan fingerprint density at radius 1 is 0.780 bits per heavy atom. The molecule has 0 saturated heterocycles.